The summed E-state index contributed by atoms with van der Waals surface area (Å²) in [5.41, 5.74) is 2.05. The molecule has 2 aromatic rings. The van der Waals surface area contributed by atoms with E-state index in [1.165, 1.54) is 6.07 Å². The third-order valence-corrected chi connectivity index (χ3v) is 2.97. The first-order chi connectivity index (χ1) is 9.08. The van der Waals surface area contributed by atoms with E-state index in [-0.39, 0.29) is 17.3 Å². The van der Waals surface area contributed by atoms with Crippen molar-refractivity contribution < 1.29 is 9.18 Å². The molecule has 0 atom stereocenters. The minimum Gasteiger partial charge on any atom is -0.294 e. The van der Waals surface area contributed by atoms with Crippen molar-refractivity contribution in [2.75, 3.05) is 0 Å². The zero-order valence-corrected chi connectivity index (χ0v) is 11.2. The van der Waals surface area contributed by atoms with Crippen LogP contribution in [0.15, 0.2) is 48.5 Å². The second kappa shape index (κ2) is 5.79. The third kappa shape index (κ3) is 3.28. The van der Waals surface area contributed by atoms with E-state index in [4.69, 9.17) is 0 Å². The largest absolute Gasteiger partial charge is 0.294 e. The van der Waals surface area contributed by atoms with Crippen LogP contribution in [0.3, 0.4) is 0 Å². The summed E-state index contributed by atoms with van der Waals surface area (Å²) in [4.78, 5) is 12.0. The van der Waals surface area contributed by atoms with E-state index in [0.29, 0.717) is 6.42 Å². The van der Waals surface area contributed by atoms with Crippen molar-refractivity contribution in [2.24, 2.45) is 5.92 Å². The van der Waals surface area contributed by atoms with E-state index in [9.17, 15) is 9.18 Å². The Labute approximate surface area is 113 Å². The summed E-state index contributed by atoms with van der Waals surface area (Å²) >= 11 is 0. The molecule has 0 amide bonds. The molecule has 0 heterocycles. The molecule has 2 aromatic carbocycles. The van der Waals surface area contributed by atoms with Crippen molar-refractivity contribution in [3.8, 4) is 11.1 Å². The molecule has 0 aliphatic rings. The lowest BCUT2D eigenvalue weighted by molar-refractivity contribution is 0.0964. The molecule has 19 heavy (non-hydrogen) atoms. The molecule has 0 saturated heterocycles. The lowest BCUT2D eigenvalue weighted by Crippen LogP contribution is -2.06. The molecule has 0 aliphatic carbocycles. The maximum atomic E-state index is 13.8. The highest BCUT2D eigenvalue weighted by atomic mass is 19.1. The number of rotatable bonds is 4. The summed E-state index contributed by atoms with van der Waals surface area (Å²) in [5.74, 6) is -0.345. The van der Waals surface area contributed by atoms with E-state index < -0.39 is 5.82 Å². The normalized spacial score (nSPS) is 10.7. The van der Waals surface area contributed by atoms with Gasteiger partial charge in [-0.3, -0.25) is 4.79 Å². The summed E-state index contributed by atoms with van der Waals surface area (Å²) < 4.78 is 13.8. The minimum absolute atomic E-state index is 0.134. The van der Waals surface area contributed by atoms with Crippen LogP contribution >= 0.6 is 0 Å². The molecule has 0 saturated carbocycles. The first-order valence-electron chi connectivity index (χ1n) is 6.46. The Bertz CT molecular complexity index is 573. The number of hydrogen-bond donors (Lipinski definition) is 0. The predicted octanol–water partition coefficient (Wildman–Crippen LogP) is 4.72. The number of carbonyl (C=O) groups is 1. The number of benzene rings is 2. The maximum absolute atomic E-state index is 13.8. The fourth-order valence-electron chi connectivity index (χ4n) is 2.03. The van der Waals surface area contributed by atoms with Gasteiger partial charge in [0.05, 0.1) is 5.56 Å². The average molecular weight is 256 g/mol. The molecule has 0 unspecified atom stereocenters. The molecule has 1 nitrogen and oxygen atoms in total. The Hall–Kier alpha value is -1.96. The van der Waals surface area contributed by atoms with Gasteiger partial charge in [0.25, 0.3) is 0 Å². The first-order valence-corrected chi connectivity index (χ1v) is 6.46. The first kappa shape index (κ1) is 13.5. The topological polar surface area (TPSA) is 17.1 Å². The van der Waals surface area contributed by atoms with Crippen LogP contribution in [0.5, 0.6) is 0 Å². The van der Waals surface area contributed by atoms with Crippen molar-refractivity contribution in [1.82, 2.24) is 0 Å². The lowest BCUT2D eigenvalue weighted by atomic mass is 9.97. The van der Waals surface area contributed by atoms with Crippen molar-refractivity contribution in [3.05, 3.63) is 59.9 Å². The molecule has 0 aliphatic heterocycles. The fourth-order valence-corrected chi connectivity index (χ4v) is 2.03. The Morgan fingerprint density at radius 2 is 1.74 bits per heavy atom. The van der Waals surface area contributed by atoms with Crippen LogP contribution in [0.4, 0.5) is 4.39 Å². The number of carbonyl (C=O) groups excluding carboxylic acids is 1. The number of Topliss-reactive ketones (excluding diaryl/α,β-unsaturated/α-hetero) is 1. The molecule has 0 radical (unpaired) electrons. The summed E-state index contributed by atoms with van der Waals surface area (Å²) in [5, 5.41) is 0. The Morgan fingerprint density at radius 3 is 2.37 bits per heavy atom. The summed E-state index contributed by atoms with van der Waals surface area (Å²) in [6.07, 6.45) is 0.370. The second-order valence-corrected chi connectivity index (χ2v) is 5.08. The van der Waals surface area contributed by atoms with Crippen LogP contribution in [0.1, 0.15) is 30.6 Å². The van der Waals surface area contributed by atoms with Crippen molar-refractivity contribution in [1.29, 1.82) is 0 Å². The summed E-state index contributed by atoms with van der Waals surface area (Å²) in [6.45, 7) is 3.91. The monoisotopic (exact) mass is 256 g/mol. The smallest absolute Gasteiger partial charge is 0.166 e. The van der Waals surface area contributed by atoms with Gasteiger partial charge in [0.1, 0.15) is 5.82 Å². The minimum atomic E-state index is -0.440. The van der Waals surface area contributed by atoms with Crippen LogP contribution < -0.4 is 0 Å². The number of hydrogen-bond acceptors (Lipinski definition) is 1. The molecule has 0 aromatic heterocycles. The zero-order valence-electron chi connectivity index (χ0n) is 11.2. The van der Waals surface area contributed by atoms with Crippen molar-refractivity contribution in [3.63, 3.8) is 0 Å². The lowest BCUT2D eigenvalue weighted by Gasteiger charge is -2.08. The van der Waals surface area contributed by atoms with Crippen LogP contribution in [-0.4, -0.2) is 5.78 Å². The fraction of sp³-hybridized carbons (Fsp3) is 0.235. The molecule has 0 fully saturated rings. The van der Waals surface area contributed by atoms with E-state index in [1.54, 1.807) is 12.1 Å². The van der Waals surface area contributed by atoms with Crippen molar-refractivity contribution >= 4 is 5.78 Å². The quantitative estimate of drug-likeness (QED) is 0.723. The van der Waals surface area contributed by atoms with Gasteiger partial charge in [-0.25, -0.2) is 4.39 Å². The van der Waals surface area contributed by atoms with Gasteiger partial charge in [-0.1, -0.05) is 50.2 Å². The van der Waals surface area contributed by atoms with Crippen LogP contribution in [-0.2, 0) is 0 Å². The van der Waals surface area contributed by atoms with E-state index in [1.807, 2.05) is 44.2 Å². The Kier molecular flexibility index (Phi) is 4.10. The van der Waals surface area contributed by atoms with Crippen LogP contribution in [0, 0.1) is 11.7 Å². The zero-order chi connectivity index (χ0) is 13.8. The van der Waals surface area contributed by atoms with Crippen molar-refractivity contribution in [2.45, 2.75) is 20.3 Å². The van der Waals surface area contributed by atoms with Gasteiger partial charge in [0.15, 0.2) is 5.78 Å². The summed E-state index contributed by atoms with van der Waals surface area (Å²) in [6, 6.07) is 14.4. The standard InChI is InChI=1S/C17H17FO/c1-12(2)10-17(19)15-11-14(8-9-16(15)18)13-6-4-3-5-7-13/h3-9,11-12H,10H2,1-2H3. The van der Waals surface area contributed by atoms with E-state index >= 15 is 0 Å². The van der Waals surface area contributed by atoms with Gasteiger partial charge in [-0.2, -0.15) is 0 Å². The highest BCUT2D eigenvalue weighted by Gasteiger charge is 2.14. The number of ketones is 1. The molecule has 2 rings (SSSR count). The third-order valence-electron chi connectivity index (χ3n) is 2.97. The highest BCUT2D eigenvalue weighted by molar-refractivity contribution is 5.97. The maximum Gasteiger partial charge on any atom is 0.166 e. The van der Waals surface area contributed by atoms with Gasteiger partial charge in [-0.05, 0) is 29.2 Å². The van der Waals surface area contributed by atoms with E-state index in [2.05, 4.69) is 0 Å². The summed E-state index contributed by atoms with van der Waals surface area (Å²) in [7, 11) is 0. The second-order valence-electron chi connectivity index (χ2n) is 5.08. The molecule has 98 valence electrons. The van der Waals surface area contributed by atoms with Gasteiger partial charge in [0.2, 0.25) is 0 Å². The highest BCUT2D eigenvalue weighted by Crippen LogP contribution is 2.23. The van der Waals surface area contributed by atoms with Crippen LogP contribution in [0.2, 0.25) is 0 Å². The van der Waals surface area contributed by atoms with Crippen LogP contribution in [0.25, 0.3) is 11.1 Å². The molecule has 0 spiro atoms. The SMILES string of the molecule is CC(C)CC(=O)c1cc(-c2ccccc2)ccc1F. The van der Waals surface area contributed by atoms with Gasteiger partial charge in [-0.15, -0.1) is 0 Å². The Balaban J connectivity index is 2.38. The molecular weight excluding hydrogens is 239 g/mol. The average Bonchev–Trinajstić information content (AvgIpc) is 2.39. The van der Waals surface area contributed by atoms with Gasteiger partial charge >= 0.3 is 0 Å². The molecule has 0 bridgehead atoms. The van der Waals surface area contributed by atoms with Gasteiger partial charge in [0, 0.05) is 6.42 Å². The molecular formula is C17H17FO. The Morgan fingerprint density at radius 1 is 1.05 bits per heavy atom. The predicted molar refractivity (Wildman–Crippen MR) is 75.6 cm³/mol. The number of halogens is 1. The molecule has 2 heteroatoms. The molecule has 0 N–H and O–H groups in total. The van der Waals surface area contributed by atoms with Gasteiger partial charge < -0.3 is 0 Å². The van der Waals surface area contributed by atoms with E-state index in [0.717, 1.165) is 11.1 Å².